The molecule has 1 atom stereocenters. The second-order valence-electron chi connectivity index (χ2n) is 5.47. The van der Waals surface area contributed by atoms with Gasteiger partial charge in [0.2, 0.25) is 5.95 Å². The summed E-state index contributed by atoms with van der Waals surface area (Å²) >= 11 is 0. The average Bonchev–Trinajstić information content (AvgIpc) is 2.74. The van der Waals surface area contributed by atoms with Crippen molar-refractivity contribution in [3.63, 3.8) is 0 Å². The van der Waals surface area contributed by atoms with E-state index < -0.39 is 0 Å². The van der Waals surface area contributed by atoms with Crippen LogP contribution in [0.3, 0.4) is 0 Å². The van der Waals surface area contributed by atoms with Crippen LogP contribution in [0.1, 0.15) is 12.1 Å². The maximum Gasteiger partial charge on any atom is 0.225 e. The molecule has 0 aromatic carbocycles. The quantitative estimate of drug-likeness (QED) is 0.766. The molecule has 17 heavy (non-hydrogen) atoms. The molecule has 1 aromatic rings. The lowest BCUT2D eigenvalue weighted by atomic mass is 9.86. The van der Waals surface area contributed by atoms with Gasteiger partial charge in [-0.15, -0.1) is 0 Å². The predicted molar refractivity (Wildman–Crippen MR) is 68.1 cm³/mol. The van der Waals surface area contributed by atoms with Crippen LogP contribution in [0.25, 0.3) is 0 Å². The highest BCUT2D eigenvalue weighted by Crippen LogP contribution is 2.31. The van der Waals surface area contributed by atoms with Crippen molar-refractivity contribution in [3.8, 4) is 0 Å². The fraction of sp³-hybridized carbons (Fsp3) is 0.692. The van der Waals surface area contributed by atoms with Gasteiger partial charge in [0.05, 0.1) is 0 Å². The van der Waals surface area contributed by atoms with E-state index >= 15 is 0 Å². The minimum Gasteiger partial charge on any atom is -0.341 e. The van der Waals surface area contributed by atoms with Gasteiger partial charge in [0.25, 0.3) is 0 Å². The maximum absolute atomic E-state index is 4.51. The molecule has 4 heteroatoms. The van der Waals surface area contributed by atoms with Crippen LogP contribution < -0.4 is 4.90 Å². The van der Waals surface area contributed by atoms with Gasteiger partial charge >= 0.3 is 0 Å². The van der Waals surface area contributed by atoms with Crippen molar-refractivity contribution in [2.45, 2.75) is 13.3 Å². The molecular weight excluding hydrogens is 212 g/mol. The van der Waals surface area contributed by atoms with Crippen LogP contribution in [0.4, 0.5) is 5.95 Å². The van der Waals surface area contributed by atoms with E-state index in [1.54, 1.807) is 0 Å². The number of aryl methyl sites for hydroxylation is 1. The van der Waals surface area contributed by atoms with Crippen LogP contribution in [0.15, 0.2) is 12.3 Å². The van der Waals surface area contributed by atoms with Crippen LogP contribution in [0.5, 0.6) is 0 Å². The van der Waals surface area contributed by atoms with Crippen LogP contribution >= 0.6 is 0 Å². The molecule has 0 N–H and O–H groups in total. The highest BCUT2D eigenvalue weighted by molar-refractivity contribution is 5.32. The van der Waals surface area contributed by atoms with Crippen molar-refractivity contribution in [2.75, 3.05) is 38.1 Å². The van der Waals surface area contributed by atoms with Crippen molar-refractivity contribution in [1.82, 2.24) is 14.9 Å². The van der Waals surface area contributed by atoms with Gasteiger partial charge in [0.1, 0.15) is 0 Å². The number of likely N-dealkylation sites (tertiary alicyclic amines) is 1. The van der Waals surface area contributed by atoms with Gasteiger partial charge in [-0.05, 0) is 38.3 Å². The smallest absolute Gasteiger partial charge is 0.225 e. The van der Waals surface area contributed by atoms with Crippen LogP contribution in [0.2, 0.25) is 0 Å². The molecule has 0 saturated carbocycles. The van der Waals surface area contributed by atoms with E-state index in [0.717, 1.165) is 36.6 Å². The highest BCUT2D eigenvalue weighted by atomic mass is 15.3. The summed E-state index contributed by atoms with van der Waals surface area (Å²) in [6.45, 7) is 6.83. The first-order chi connectivity index (χ1) is 8.22. The monoisotopic (exact) mass is 232 g/mol. The largest absolute Gasteiger partial charge is 0.341 e. The molecule has 2 aliphatic rings. The van der Waals surface area contributed by atoms with E-state index in [0.29, 0.717) is 0 Å². The predicted octanol–water partition coefficient (Wildman–Crippen LogP) is 1.17. The van der Waals surface area contributed by atoms with Crippen LogP contribution in [-0.4, -0.2) is 48.1 Å². The first kappa shape index (κ1) is 11.0. The number of anilines is 1. The van der Waals surface area contributed by atoms with Gasteiger partial charge in [-0.25, -0.2) is 9.97 Å². The molecule has 0 radical (unpaired) electrons. The lowest BCUT2D eigenvalue weighted by molar-refractivity contribution is 0.0908. The van der Waals surface area contributed by atoms with Crippen molar-refractivity contribution in [2.24, 2.45) is 11.8 Å². The summed E-state index contributed by atoms with van der Waals surface area (Å²) in [6.07, 6.45) is 3.16. The molecule has 3 heterocycles. The zero-order chi connectivity index (χ0) is 11.8. The normalized spacial score (nSPS) is 26.2. The van der Waals surface area contributed by atoms with Crippen molar-refractivity contribution < 1.29 is 0 Å². The summed E-state index contributed by atoms with van der Waals surface area (Å²) in [7, 11) is 2.20. The third-order valence-corrected chi connectivity index (χ3v) is 4.05. The third-order valence-electron chi connectivity index (χ3n) is 4.05. The van der Waals surface area contributed by atoms with E-state index in [9.17, 15) is 0 Å². The summed E-state index contributed by atoms with van der Waals surface area (Å²) in [5.74, 6) is 2.66. The van der Waals surface area contributed by atoms with E-state index in [1.165, 1.54) is 19.5 Å². The zero-order valence-corrected chi connectivity index (χ0v) is 10.6. The summed E-state index contributed by atoms with van der Waals surface area (Å²) in [4.78, 5) is 13.6. The molecule has 3 rings (SSSR count). The van der Waals surface area contributed by atoms with Crippen LogP contribution in [0, 0.1) is 18.8 Å². The minimum absolute atomic E-state index is 0.843. The number of nitrogens with zero attached hydrogens (tertiary/aromatic N) is 4. The number of hydrogen-bond donors (Lipinski definition) is 0. The lowest BCUT2D eigenvalue weighted by Crippen LogP contribution is -2.48. The maximum atomic E-state index is 4.51. The Labute approximate surface area is 103 Å². The topological polar surface area (TPSA) is 32.3 Å². The fourth-order valence-corrected chi connectivity index (χ4v) is 2.99. The van der Waals surface area contributed by atoms with E-state index in [4.69, 9.17) is 0 Å². The van der Waals surface area contributed by atoms with Crippen molar-refractivity contribution in [1.29, 1.82) is 0 Å². The molecule has 0 aliphatic carbocycles. The lowest BCUT2D eigenvalue weighted by Gasteiger charge is -2.39. The summed E-state index contributed by atoms with van der Waals surface area (Å²) in [6, 6.07) is 1.96. The first-order valence-electron chi connectivity index (χ1n) is 6.45. The Morgan fingerprint density at radius 1 is 1.24 bits per heavy atom. The Morgan fingerprint density at radius 2 is 2.06 bits per heavy atom. The minimum atomic E-state index is 0.843. The number of rotatable bonds is 2. The van der Waals surface area contributed by atoms with Crippen molar-refractivity contribution >= 4 is 5.95 Å². The second-order valence-corrected chi connectivity index (χ2v) is 5.47. The van der Waals surface area contributed by atoms with Crippen molar-refractivity contribution in [3.05, 3.63) is 18.0 Å². The molecule has 0 amide bonds. The molecule has 92 valence electrons. The van der Waals surface area contributed by atoms with Gasteiger partial charge in [0, 0.05) is 38.1 Å². The average molecular weight is 232 g/mol. The molecule has 4 nitrogen and oxygen atoms in total. The van der Waals surface area contributed by atoms with Gasteiger partial charge < -0.3 is 9.80 Å². The standard InChI is InChI=1S/C13H20N4/c1-10-3-5-14-13(15-10)17-6-4-11(9-17)12-7-16(2)8-12/h3,5,11-12H,4,6-9H2,1-2H3. The summed E-state index contributed by atoms with van der Waals surface area (Å²) in [5, 5.41) is 0. The van der Waals surface area contributed by atoms with E-state index in [1.807, 2.05) is 19.2 Å². The van der Waals surface area contributed by atoms with E-state index in [2.05, 4.69) is 26.8 Å². The molecule has 2 fully saturated rings. The molecule has 2 aliphatic heterocycles. The van der Waals surface area contributed by atoms with Gasteiger partial charge in [-0.3, -0.25) is 0 Å². The molecule has 0 bridgehead atoms. The first-order valence-corrected chi connectivity index (χ1v) is 6.45. The van der Waals surface area contributed by atoms with Crippen LogP contribution in [-0.2, 0) is 0 Å². The van der Waals surface area contributed by atoms with E-state index in [-0.39, 0.29) is 0 Å². The second kappa shape index (κ2) is 4.26. The molecule has 0 spiro atoms. The Hall–Kier alpha value is -1.16. The Bertz CT molecular complexity index is 400. The number of aromatic nitrogens is 2. The van der Waals surface area contributed by atoms with Gasteiger partial charge in [-0.1, -0.05) is 0 Å². The molecular formula is C13H20N4. The summed E-state index contributed by atoms with van der Waals surface area (Å²) in [5.41, 5.74) is 1.06. The third kappa shape index (κ3) is 2.14. The highest BCUT2D eigenvalue weighted by Gasteiger charge is 2.36. The Kier molecular flexibility index (Phi) is 2.74. The van der Waals surface area contributed by atoms with Gasteiger partial charge in [0.15, 0.2) is 0 Å². The zero-order valence-electron chi connectivity index (χ0n) is 10.6. The Balaban J connectivity index is 1.64. The molecule has 1 aromatic heterocycles. The number of hydrogen-bond acceptors (Lipinski definition) is 4. The SMILES string of the molecule is Cc1ccnc(N2CCC(C3CN(C)C3)C2)n1. The Morgan fingerprint density at radius 3 is 2.76 bits per heavy atom. The molecule has 2 saturated heterocycles. The fourth-order valence-electron chi connectivity index (χ4n) is 2.99. The summed E-state index contributed by atoms with van der Waals surface area (Å²) < 4.78 is 0. The van der Waals surface area contributed by atoms with Gasteiger partial charge in [-0.2, -0.15) is 0 Å². The molecule has 1 unspecified atom stereocenters.